The molecular weight excluding hydrogens is 275 g/mol. The van der Waals surface area contributed by atoms with E-state index in [0.29, 0.717) is 0 Å². The Kier molecular flexibility index (Phi) is 10.2. The van der Waals surface area contributed by atoms with E-state index in [4.69, 9.17) is 0 Å². The molecule has 2 nitrogen and oxygen atoms in total. The zero-order valence-electron chi connectivity index (χ0n) is 7.29. The molecule has 0 fully saturated rings. The van der Waals surface area contributed by atoms with E-state index in [2.05, 4.69) is 33.2 Å². The highest BCUT2D eigenvalue weighted by molar-refractivity contribution is 9.10. The van der Waals surface area contributed by atoms with Crippen molar-refractivity contribution in [3.63, 3.8) is 0 Å². The summed E-state index contributed by atoms with van der Waals surface area (Å²) in [6.07, 6.45) is 2.95. The monoisotopic (exact) mass is 286 g/mol. The van der Waals surface area contributed by atoms with Crippen LogP contribution < -0.4 is 5.32 Å². The zero-order chi connectivity index (χ0) is 8.10. The maximum atomic E-state index is 4.09. The number of hydrogen-bond donors (Lipinski definition) is 1. The van der Waals surface area contributed by atoms with E-state index in [1.807, 2.05) is 18.3 Å². The van der Waals surface area contributed by atoms with Gasteiger partial charge in [-0.2, -0.15) is 0 Å². The number of rotatable bonds is 3. The van der Waals surface area contributed by atoms with Gasteiger partial charge in [-0.05, 0) is 34.5 Å². The highest BCUT2D eigenvalue weighted by Crippen LogP contribution is 2.09. The largest absolute Gasteiger partial charge is 0.384 e. The zero-order valence-corrected chi connectivity index (χ0v) is 10.5. The van der Waals surface area contributed by atoms with Gasteiger partial charge in [0.25, 0.3) is 0 Å². The van der Waals surface area contributed by atoms with Crippen LogP contribution in [0.4, 0.5) is 5.69 Å². The van der Waals surface area contributed by atoms with Crippen LogP contribution in [0.15, 0.2) is 22.9 Å². The van der Waals surface area contributed by atoms with E-state index in [1.165, 1.54) is 0 Å². The number of nitrogens with zero attached hydrogens (tertiary/aromatic N) is 1. The second-order valence-electron chi connectivity index (χ2n) is 2.30. The van der Waals surface area contributed by atoms with Crippen LogP contribution in [0.25, 0.3) is 0 Å². The lowest BCUT2D eigenvalue weighted by Gasteiger charge is -2.02. The molecule has 0 bridgehead atoms. The molecule has 1 heterocycles. The summed E-state index contributed by atoms with van der Waals surface area (Å²) < 4.78 is 0.875. The molecule has 1 rings (SSSR count). The molecule has 0 saturated heterocycles. The average Bonchev–Trinajstić information content (AvgIpc) is 2.04. The van der Waals surface area contributed by atoms with Crippen molar-refractivity contribution >= 4 is 46.4 Å². The number of halogens is 3. The second-order valence-corrected chi connectivity index (χ2v) is 3.11. The summed E-state index contributed by atoms with van der Waals surface area (Å²) in [7, 11) is 0. The second kappa shape index (κ2) is 8.60. The summed E-state index contributed by atoms with van der Waals surface area (Å²) in [6, 6.07) is 3.94. The topological polar surface area (TPSA) is 24.9 Å². The van der Waals surface area contributed by atoms with E-state index < -0.39 is 0 Å². The van der Waals surface area contributed by atoms with E-state index in [1.54, 1.807) is 0 Å². The summed E-state index contributed by atoms with van der Waals surface area (Å²) in [4.78, 5) is 4.09. The van der Waals surface area contributed by atoms with Crippen molar-refractivity contribution in [1.29, 1.82) is 0 Å². The van der Waals surface area contributed by atoms with Gasteiger partial charge in [-0.1, -0.05) is 6.92 Å². The Bertz CT molecular complexity index is 216. The maximum Gasteiger partial charge on any atom is 0.106 e. The van der Waals surface area contributed by atoms with Crippen LogP contribution >= 0.6 is 40.7 Å². The molecule has 0 aromatic carbocycles. The Hall–Kier alpha value is 0.01000. The molecular formula is C8H13BrCl2N2. The number of nitrogens with one attached hydrogen (secondary N) is 1. The van der Waals surface area contributed by atoms with E-state index >= 15 is 0 Å². The molecule has 1 aromatic heterocycles. The molecule has 0 aliphatic carbocycles. The van der Waals surface area contributed by atoms with Crippen LogP contribution in [0.2, 0.25) is 0 Å². The fourth-order valence-electron chi connectivity index (χ4n) is 0.750. The first-order valence-corrected chi connectivity index (χ1v) is 4.47. The molecule has 76 valence electrons. The third-order valence-electron chi connectivity index (χ3n) is 1.31. The van der Waals surface area contributed by atoms with Crippen LogP contribution in [0.5, 0.6) is 0 Å². The van der Waals surface area contributed by atoms with Gasteiger partial charge in [-0.25, -0.2) is 4.98 Å². The number of hydrogen-bond acceptors (Lipinski definition) is 2. The minimum atomic E-state index is 0. The Balaban J connectivity index is 0. The molecule has 0 aliphatic heterocycles. The average molecular weight is 288 g/mol. The highest BCUT2D eigenvalue weighted by atomic mass is 79.9. The smallest absolute Gasteiger partial charge is 0.106 e. The van der Waals surface area contributed by atoms with Gasteiger partial charge < -0.3 is 5.32 Å². The van der Waals surface area contributed by atoms with Crippen molar-refractivity contribution in [2.45, 2.75) is 13.3 Å². The first kappa shape index (κ1) is 15.5. The summed E-state index contributed by atoms with van der Waals surface area (Å²) >= 11 is 3.27. The fraction of sp³-hybridized carbons (Fsp3) is 0.375. The highest BCUT2D eigenvalue weighted by Gasteiger charge is 1.89. The van der Waals surface area contributed by atoms with E-state index in [0.717, 1.165) is 23.3 Å². The van der Waals surface area contributed by atoms with Crippen molar-refractivity contribution < 1.29 is 0 Å². The van der Waals surface area contributed by atoms with Gasteiger partial charge in [-0.3, -0.25) is 0 Å². The predicted octanol–water partition coefficient (Wildman–Crippen LogP) is 3.51. The normalized spacial score (nSPS) is 8.15. The van der Waals surface area contributed by atoms with Gasteiger partial charge in [0.05, 0.1) is 11.9 Å². The van der Waals surface area contributed by atoms with E-state index in [-0.39, 0.29) is 24.8 Å². The van der Waals surface area contributed by atoms with Crippen LogP contribution in [-0.2, 0) is 0 Å². The molecule has 5 heteroatoms. The summed E-state index contributed by atoms with van der Waals surface area (Å²) in [5.74, 6) is 0. The lowest BCUT2D eigenvalue weighted by molar-refractivity contribution is 0.977. The van der Waals surface area contributed by atoms with Crippen LogP contribution in [-0.4, -0.2) is 11.5 Å². The van der Waals surface area contributed by atoms with Crippen LogP contribution in [0.1, 0.15) is 13.3 Å². The third-order valence-corrected chi connectivity index (χ3v) is 1.78. The van der Waals surface area contributed by atoms with Crippen molar-refractivity contribution in [3.8, 4) is 0 Å². The molecule has 0 saturated carbocycles. The summed E-state index contributed by atoms with van der Waals surface area (Å²) in [5, 5.41) is 3.24. The lowest BCUT2D eigenvalue weighted by atomic mass is 10.4. The first-order valence-electron chi connectivity index (χ1n) is 3.68. The molecule has 0 unspecified atom stereocenters. The van der Waals surface area contributed by atoms with Gasteiger partial charge in [0, 0.05) is 6.54 Å². The maximum absolute atomic E-state index is 4.09. The molecule has 1 aromatic rings. The SMILES string of the molecule is CCCNc1ccc(Br)nc1.Cl.Cl. The van der Waals surface area contributed by atoms with Crippen molar-refractivity contribution in [1.82, 2.24) is 4.98 Å². The van der Waals surface area contributed by atoms with Crippen LogP contribution in [0, 0.1) is 0 Å². The van der Waals surface area contributed by atoms with Crippen molar-refractivity contribution in [3.05, 3.63) is 22.9 Å². The summed E-state index contributed by atoms with van der Waals surface area (Å²) in [5.41, 5.74) is 1.08. The van der Waals surface area contributed by atoms with Crippen molar-refractivity contribution in [2.75, 3.05) is 11.9 Å². The minimum absolute atomic E-state index is 0. The molecule has 0 aliphatic rings. The Labute approximate surface area is 99.5 Å². The number of aromatic nitrogens is 1. The van der Waals surface area contributed by atoms with Gasteiger partial charge in [0.1, 0.15) is 4.60 Å². The van der Waals surface area contributed by atoms with Gasteiger partial charge in [0.2, 0.25) is 0 Å². The lowest BCUT2D eigenvalue weighted by Crippen LogP contribution is -1.99. The Morgan fingerprint density at radius 3 is 2.54 bits per heavy atom. The van der Waals surface area contributed by atoms with Crippen LogP contribution in [0.3, 0.4) is 0 Å². The first-order chi connectivity index (χ1) is 5.33. The fourth-order valence-corrected chi connectivity index (χ4v) is 0.984. The number of anilines is 1. The third kappa shape index (κ3) is 6.13. The van der Waals surface area contributed by atoms with Gasteiger partial charge >= 0.3 is 0 Å². The standard InChI is InChI=1S/C8H11BrN2.2ClH/c1-2-5-10-7-3-4-8(9)11-6-7;;/h3-4,6,10H,2,5H2,1H3;2*1H. The van der Waals surface area contributed by atoms with Gasteiger partial charge in [0.15, 0.2) is 0 Å². The molecule has 13 heavy (non-hydrogen) atoms. The minimum Gasteiger partial charge on any atom is -0.384 e. The molecule has 0 radical (unpaired) electrons. The molecule has 0 atom stereocenters. The van der Waals surface area contributed by atoms with Crippen molar-refractivity contribution in [2.24, 2.45) is 0 Å². The molecule has 0 amide bonds. The van der Waals surface area contributed by atoms with E-state index in [9.17, 15) is 0 Å². The molecule has 0 spiro atoms. The predicted molar refractivity (Wildman–Crippen MR) is 65.2 cm³/mol. The molecule has 1 N–H and O–H groups in total. The Morgan fingerprint density at radius 2 is 2.08 bits per heavy atom. The number of pyridine rings is 1. The Morgan fingerprint density at radius 1 is 1.38 bits per heavy atom. The van der Waals surface area contributed by atoms with Gasteiger partial charge in [-0.15, -0.1) is 24.8 Å². The quantitative estimate of drug-likeness (QED) is 0.861. The summed E-state index contributed by atoms with van der Waals surface area (Å²) in [6.45, 7) is 3.14.